The summed E-state index contributed by atoms with van der Waals surface area (Å²) in [6.07, 6.45) is -22.4. The molecule has 170 valence electrons. The molecule has 0 aliphatic rings. The topological polar surface area (TPSA) is 52.6 Å². The van der Waals surface area contributed by atoms with Gasteiger partial charge >= 0.3 is 48.9 Å². The van der Waals surface area contributed by atoms with Crippen molar-refractivity contribution in [2.45, 2.75) is 36.9 Å². The lowest BCUT2D eigenvalue weighted by atomic mass is 10.1. The molecule has 0 aliphatic carbocycles. The predicted molar refractivity (Wildman–Crippen MR) is 69.1 cm³/mol. The van der Waals surface area contributed by atoms with E-state index in [1.807, 2.05) is 0 Å². The minimum atomic E-state index is -6.35. The Balaban J connectivity index is 3.06. The second kappa shape index (κ2) is 8.22. The van der Waals surface area contributed by atoms with Crippen LogP contribution in [0.5, 0.6) is 0 Å². The number of carbonyl (C=O) groups is 2. The second-order valence-electron chi connectivity index (χ2n) is 5.24. The Bertz CT molecular complexity index is 708. The number of hydrogen-bond acceptors (Lipinski definition) is 4. The van der Waals surface area contributed by atoms with Gasteiger partial charge in [0.15, 0.2) is 0 Å². The van der Waals surface area contributed by atoms with Gasteiger partial charge in [0.1, 0.15) is 0 Å². The first-order valence-corrected chi connectivity index (χ1v) is 7.01. The van der Waals surface area contributed by atoms with Crippen LogP contribution in [0.1, 0.15) is 20.7 Å². The first-order chi connectivity index (χ1) is 13.4. The fourth-order valence-electron chi connectivity index (χ4n) is 1.58. The maximum Gasteiger partial charge on any atom is 0.466 e. The lowest BCUT2D eigenvalue weighted by Gasteiger charge is -2.26. The molecule has 0 spiro atoms. The molecule has 0 amide bonds. The molecule has 2 unspecified atom stereocenters. The summed E-state index contributed by atoms with van der Waals surface area (Å²) in [5, 5.41) is 0. The van der Waals surface area contributed by atoms with E-state index in [4.69, 9.17) is 0 Å². The van der Waals surface area contributed by atoms with Crippen molar-refractivity contribution in [3.63, 3.8) is 0 Å². The van der Waals surface area contributed by atoms with Crippen LogP contribution in [0, 0.1) is 0 Å². The van der Waals surface area contributed by atoms with Crippen LogP contribution in [0.4, 0.5) is 52.7 Å². The largest absolute Gasteiger partial charge is 0.466 e. The maximum atomic E-state index is 13.3. The number of carbonyl (C=O) groups excluding carboxylic acids is 2. The molecule has 1 aromatic carbocycles. The van der Waals surface area contributed by atoms with Crippen LogP contribution < -0.4 is 0 Å². The SMILES string of the molecule is O=C(OC(F)(C(F)F)C(F)(F)F)c1ccc(C(=O)OC(F)(C(F)F)C(F)(F)F)cc1. The molecular formula is C14H6F12O4. The van der Waals surface area contributed by atoms with Gasteiger partial charge in [-0.25, -0.2) is 27.2 Å². The number of hydrogen-bond donors (Lipinski definition) is 0. The van der Waals surface area contributed by atoms with Gasteiger partial charge in [-0.05, 0) is 24.3 Å². The molecule has 0 bridgehead atoms. The highest BCUT2D eigenvalue weighted by molar-refractivity contribution is 5.93. The molecule has 0 N–H and O–H groups in total. The molecule has 4 nitrogen and oxygen atoms in total. The van der Waals surface area contributed by atoms with Gasteiger partial charge in [-0.15, -0.1) is 0 Å². The Labute approximate surface area is 157 Å². The monoisotopic (exact) mass is 466 g/mol. The zero-order valence-corrected chi connectivity index (χ0v) is 13.6. The van der Waals surface area contributed by atoms with Crippen LogP contribution in [-0.2, 0) is 9.47 Å². The van der Waals surface area contributed by atoms with Crippen molar-refractivity contribution >= 4 is 11.9 Å². The molecule has 1 aromatic rings. The number of ether oxygens (including phenoxy) is 2. The molecule has 0 saturated carbocycles. The lowest BCUT2D eigenvalue weighted by Crippen LogP contribution is -2.51. The van der Waals surface area contributed by atoms with Gasteiger partial charge in [-0.1, -0.05) is 0 Å². The Kier molecular flexibility index (Phi) is 6.94. The second-order valence-corrected chi connectivity index (χ2v) is 5.24. The molecule has 0 aromatic heterocycles. The fourth-order valence-corrected chi connectivity index (χ4v) is 1.58. The highest BCUT2D eigenvalue weighted by atomic mass is 19.4. The summed E-state index contributed by atoms with van der Waals surface area (Å²) in [5.74, 6) is -16.1. The summed E-state index contributed by atoms with van der Waals surface area (Å²) >= 11 is 0. The van der Waals surface area contributed by atoms with Crippen LogP contribution >= 0.6 is 0 Å². The van der Waals surface area contributed by atoms with Crippen molar-refractivity contribution in [2.24, 2.45) is 0 Å². The minimum Gasteiger partial charge on any atom is -0.411 e. The van der Waals surface area contributed by atoms with Crippen LogP contribution in [-0.4, -0.2) is 48.9 Å². The van der Waals surface area contributed by atoms with Crippen molar-refractivity contribution in [3.05, 3.63) is 35.4 Å². The van der Waals surface area contributed by atoms with Crippen molar-refractivity contribution < 1.29 is 71.7 Å². The number of alkyl halides is 12. The molecule has 0 heterocycles. The standard InChI is InChI=1S/C14H6F12O4/c15-9(16)11(19,13(21,22)23)29-7(27)5-1-2-6(4-3-5)8(28)30-12(20,10(17)18)14(24,25)26/h1-4,9-10H. The normalized spacial score (nSPS) is 16.7. The van der Waals surface area contributed by atoms with E-state index >= 15 is 0 Å². The van der Waals surface area contributed by atoms with E-state index in [0.717, 1.165) is 0 Å². The molecule has 0 fully saturated rings. The summed E-state index contributed by atoms with van der Waals surface area (Å²) in [4.78, 5) is 22.8. The fraction of sp³-hybridized carbons (Fsp3) is 0.429. The lowest BCUT2D eigenvalue weighted by molar-refractivity contribution is -0.349. The summed E-state index contributed by atoms with van der Waals surface area (Å²) < 4.78 is 156. The first-order valence-electron chi connectivity index (χ1n) is 7.01. The van der Waals surface area contributed by atoms with Crippen molar-refractivity contribution in [1.82, 2.24) is 0 Å². The van der Waals surface area contributed by atoms with Crippen LogP contribution in [0.2, 0.25) is 0 Å². The Morgan fingerprint density at radius 2 is 0.833 bits per heavy atom. The number of halogens is 12. The van der Waals surface area contributed by atoms with E-state index in [2.05, 4.69) is 9.47 Å². The van der Waals surface area contributed by atoms with Crippen molar-refractivity contribution in [3.8, 4) is 0 Å². The molecule has 1 rings (SSSR count). The first kappa shape index (κ1) is 25.4. The zero-order chi connectivity index (χ0) is 23.7. The van der Waals surface area contributed by atoms with Gasteiger partial charge in [0.05, 0.1) is 11.1 Å². The van der Waals surface area contributed by atoms with Gasteiger partial charge in [0.2, 0.25) is 0 Å². The van der Waals surface area contributed by atoms with Gasteiger partial charge in [0, 0.05) is 0 Å². The van der Waals surface area contributed by atoms with E-state index < -0.39 is 60.0 Å². The average molecular weight is 466 g/mol. The minimum absolute atomic E-state index is 0.261. The Morgan fingerprint density at radius 1 is 0.600 bits per heavy atom. The molecule has 0 radical (unpaired) electrons. The number of rotatable bonds is 6. The maximum absolute atomic E-state index is 13.3. The Hall–Kier alpha value is -2.68. The molecule has 30 heavy (non-hydrogen) atoms. The summed E-state index contributed by atoms with van der Waals surface area (Å²) in [7, 11) is 0. The molecule has 0 saturated heterocycles. The van der Waals surface area contributed by atoms with Gasteiger partial charge in [-0.2, -0.15) is 35.1 Å². The number of benzene rings is 1. The van der Waals surface area contributed by atoms with Crippen molar-refractivity contribution in [2.75, 3.05) is 0 Å². The van der Waals surface area contributed by atoms with E-state index in [-0.39, 0.29) is 24.3 Å². The van der Waals surface area contributed by atoms with Crippen molar-refractivity contribution in [1.29, 1.82) is 0 Å². The summed E-state index contributed by atoms with van der Waals surface area (Å²) in [5.41, 5.74) is -2.23. The summed E-state index contributed by atoms with van der Waals surface area (Å²) in [6.45, 7) is 0. The van der Waals surface area contributed by atoms with E-state index in [0.29, 0.717) is 0 Å². The third-order valence-corrected chi connectivity index (χ3v) is 3.17. The zero-order valence-electron chi connectivity index (χ0n) is 13.6. The van der Waals surface area contributed by atoms with Crippen LogP contribution in [0.3, 0.4) is 0 Å². The molecular weight excluding hydrogens is 460 g/mol. The van der Waals surface area contributed by atoms with E-state index in [1.54, 1.807) is 0 Å². The quantitative estimate of drug-likeness (QED) is 0.438. The highest BCUT2D eigenvalue weighted by Crippen LogP contribution is 2.41. The third-order valence-electron chi connectivity index (χ3n) is 3.17. The predicted octanol–water partition coefficient (Wildman–Crippen LogP) is 4.99. The molecule has 0 aliphatic heterocycles. The van der Waals surface area contributed by atoms with Crippen LogP contribution in [0.25, 0.3) is 0 Å². The Morgan fingerprint density at radius 3 is 1.00 bits per heavy atom. The van der Waals surface area contributed by atoms with E-state index in [1.165, 1.54) is 0 Å². The van der Waals surface area contributed by atoms with Gasteiger partial charge in [0.25, 0.3) is 0 Å². The third kappa shape index (κ3) is 4.89. The van der Waals surface area contributed by atoms with Gasteiger partial charge in [-0.3, -0.25) is 0 Å². The molecule has 2 atom stereocenters. The smallest absolute Gasteiger partial charge is 0.411 e. The van der Waals surface area contributed by atoms with E-state index in [9.17, 15) is 62.3 Å². The molecule has 16 heteroatoms. The average Bonchev–Trinajstić information content (AvgIpc) is 2.59. The van der Waals surface area contributed by atoms with Gasteiger partial charge < -0.3 is 9.47 Å². The highest BCUT2D eigenvalue weighted by Gasteiger charge is 2.67. The van der Waals surface area contributed by atoms with Crippen LogP contribution in [0.15, 0.2) is 24.3 Å². The number of esters is 2. The summed E-state index contributed by atoms with van der Waals surface area (Å²) in [6, 6.07) is 1.04.